The number of carbonyl (C=O) groups is 1. The van der Waals surface area contributed by atoms with Crippen LogP contribution in [-0.2, 0) is 14.8 Å². The van der Waals surface area contributed by atoms with Crippen LogP contribution in [0, 0.1) is 20.8 Å². The Kier molecular flexibility index (Phi) is 6.05. The minimum atomic E-state index is -3.94. The summed E-state index contributed by atoms with van der Waals surface area (Å²) in [5.74, 6) is -0.288. The van der Waals surface area contributed by atoms with Crippen molar-refractivity contribution in [2.45, 2.75) is 25.7 Å². The third-order valence-electron chi connectivity index (χ3n) is 5.19. The molecule has 0 atom stereocenters. The number of nitrogens with zero attached hydrogens (tertiary/aromatic N) is 2. The van der Waals surface area contributed by atoms with E-state index in [4.69, 9.17) is 4.74 Å². The zero-order valence-electron chi connectivity index (χ0n) is 18.5. The lowest BCUT2D eigenvalue weighted by molar-refractivity contribution is 0.0601. The molecule has 0 unspecified atom stereocenters. The van der Waals surface area contributed by atoms with E-state index in [1.54, 1.807) is 43.3 Å². The minimum absolute atomic E-state index is 0.0245. The molecule has 2 aromatic heterocycles. The van der Waals surface area contributed by atoms with E-state index < -0.39 is 16.0 Å². The lowest BCUT2D eigenvalue weighted by Gasteiger charge is -2.14. The van der Waals surface area contributed by atoms with E-state index in [9.17, 15) is 13.2 Å². The summed E-state index contributed by atoms with van der Waals surface area (Å²) in [6, 6.07) is 13.8. The SMILES string of the molecule is COC(=O)c1c(Nc2nc3ccccc3nc2NS(=O)(=O)c2ccccc2C)sc(C)c1C. The minimum Gasteiger partial charge on any atom is -0.465 e. The van der Waals surface area contributed by atoms with Crippen molar-refractivity contribution in [2.24, 2.45) is 0 Å². The number of methoxy groups -OCH3 is 1. The van der Waals surface area contributed by atoms with Crippen LogP contribution in [0.3, 0.4) is 0 Å². The number of benzene rings is 2. The van der Waals surface area contributed by atoms with E-state index >= 15 is 0 Å². The molecule has 0 radical (unpaired) electrons. The van der Waals surface area contributed by atoms with Crippen LogP contribution in [0.1, 0.15) is 26.4 Å². The Bertz CT molecular complexity index is 1480. The number of hydrogen-bond donors (Lipinski definition) is 2. The van der Waals surface area contributed by atoms with E-state index in [0.29, 0.717) is 27.2 Å². The third-order valence-corrected chi connectivity index (χ3v) is 7.81. The highest BCUT2D eigenvalue weighted by Gasteiger charge is 2.24. The van der Waals surface area contributed by atoms with Crippen molar-refractivity contribution >= 4 is 55.0 Å². The van der Waals surface area contributed by atoms with E-state index in [1.165, 1.54) is 24.5 Å². The number of sulfonamides is 1. The van der Waals surface area contributed by atoms with Gasteiger partial charge in [-0.3, -0.25) is 4.72 Å². The molecule has 8 nitrogen and oxygen atoms in total. The largest absolute Gasteiger partial charge is 0.465 e. The number of fused-ring (bicyclic) bond motifs is 1. The topological polar surface area (TPSA) is 110 Å². The Morgan fingerprint density at radius 1 is 0.939 bits per heavy atom. The Morgan fingerprint density at radius 2 is 1.55 bits per heavy atom. The van der Waals surface area contributed by atoms with E-state index in [-0.39, 0.29) is 16.5 Å². The van der Waals surface area contributed by atoms with Gasteiger partial charge in [0, 0.05) is 4.88 Å². The molecule has 0 aliphatic heterocycles. The zero-order valence-corrected chi connectivity index (χ0v) is 20.1. The number of thiophene rings is 1. The van der Waals surface area contributed by atoms with Crippen LogP contribution in [0.4, 0.5) is 16.6 Å². The lowest BCUT2D eigenvalue weighted by atomic mass is 10.1. The molecule has 2 heterocycles. The molecule has 170 valence electrons. The molecule has 4 rings (SSSR count). The summed E-state index contributed by atoms with van der Waals surface area (Å²) in [6.07, 6.45) is 0. The average Bonchev–Trinajstić information content (AvgIpc) is 3.06. The van der Waals surface area contributed by atoms with Gasteiger partial charge in [-0.15, -0.1) is 11.3 Å². The van der Waals surface area contributed by atoms with Crippen molar-refractivity contribution in [3.05, 3.63) is 70.1 Å². The Morgan fingerprint density at radius 3 is 2.18 bits per heavy atom. The summed E-state index contributed by atoms with van der Waals surface area (Å²) in [4.78, 5) is 22.6. The number of rotatable bonds is 6. The first-order valence-corrected chi connectivity index (χ1v) is 12.3. The molecule has 0 saturated heterocycles. The van der Waals surface area contributed by atoms with Gasteiger partial charge in [0.05, 0.1) is 28.6 Å². The number of hydrogen-bond acceptors (Lipinski definition) is 8. The quantitative estimate of drug-likeness (QED) is 0.374. The molecule has 0 fully saturated rings. The van der Waals surface area contributed by atoms with Gasteiger partial charge in [-0.1, -0.05) is 30.3 Å². The number of aryl methyl sites for hydroxylation is 2. The van der Waals surface area contributed by atoms with Crippen molar-refractivity contribution in [1.82, 2.24) is 9.97 Å². The number of aromatic nitrogens is 2. The molecular formula is C23H22N4O4S2. The van der Waals surface area contributed by atoms with E-state index in [0.717, 1.165) is 10.4 Å². The Labute approximate surface area is 195 Å². The van der Waals surface area contributed by atoms with Gasteiger partial charge in [-0.25, -0.2) is 23.2 Å². The molecular weight excluding hydrogens is 460 g/mol. The highest BCUT2D eigenvalue weighted by Crippen LogP contribution is 2.37. The fourth-order valence-corrected chi connectivity index (χ4v) is 5.67. The second kappa shape index (κ2) is 8.80. The van der Waals surface area contributed by atoms with Gasteiger partial charge in [-0.2, -0.15) is 0 Å². The predicted molar refractivity (Wildman–Crippen MR) is 130 cm³/mol. The number of esters is 1. The van der Waals surface area contributed by atoms with Crippen molar-refractivity contribution < 1.29 is 17.9 Å². The molecule has 2 N–H and O–H groups in total. The van der Waals surface area contributed by atoms with Crippen LogP contribution in [0.5, 0.6) is 0 Å². The first-order chi connectivity index (χ1) is 15.7. The highest BCUT2D eigenvalue weighted by molar-refractivity contribution is 7.92. The molecule has 0 saturated carbocycles. The van der Waals surface area contributed by atoms with Gasteiger partial charge >= 0.3 is 5.97 Å². The number of carbonyl (C=O) groups excluding carboxylic acids is 1. The van der Waals surface area contributed by atoms with Crippen LogP contribution < -0.4 is 10.0 Å². The van der Waals surface area contributed by atoms with Gasteiger partial charge in [0.15, 0.2) is 11.6 Å². The first-order valence-electron chi connectivity index (χ1n) is 10.0. The number of para-hydroxylation sites is 2. The summed E-state index contributed by atoms with van der Waals surface area (Å²) in [5, 5.41) is 3.61. The number of anilines is 3. The molecule has 10 heteroatoms. The molecule has 0 aliphatic rings. The van der Waals surface area contributed by atoms with Gasteiger partial charge < -0.3 is 10.1 Å². The second-order valence-electron chi connectivity index (χ2n) is 7.38. The number of nitrogens with one attached hydrogen (secondary N) is 2. The Hall–Kier alpha value is -3.50. The molecule has 0 aliphatic carbocycles. The summed E-state index contributed by atoms with van der Waals surface area (Å²) >= 11 is 1.35. The Balaban J connectivity index is 1.84. The maximum absolute atomic E-state index is 13.2. The van der Waals surface area contributed by atoms with Crippen molar-refractivity contribution in [3.63, 3.8) is 0 Å². The van der Waals surface area contributed by atoms with Crippen LogP contribution >= 0.6 is 11.3 Å². The highest BCUT2D eigenvalue weighted by atomic mass is 32.2. The van der Waals surface area contributed by atoms with Gasteiger partial charge in [0.2, 0.25) is 0 Å². The van der Waals surface area contributed by atoms with Crippen LogP contribution in [0.15, 0.2) is 53.4 Å². The third kappa shape index (κ3) is 4.39. The summed E-state index contributed by atoms with van der Waals surface area (Å²) < 4.78 is 33.8. The number of ether oxygens (including phenoxy) is 1. The maximum atomic E-state index is 13.2. The summed E-state index contributed by atoms with van der Waals surface area (Å²) in [5.41, 5.74) is 2.86. The fraction of sp³-hybridized carbons (Fsp3) is 0.174. The molecule has 0 amide bonds. The molecule has 0 spiro atoms. The van der Waals surface area contributed by atoms with E-state index in [1.807, 2.05) is 19.9 Å². The van der Waals surface area contributed by atoms with E-state index in [2.05, 4.69) is 20.0 Å². The molecule has 0 bridgehead atoms. The van der Waals surface area contributed by atoms with Gasteiger partial charge in [0.1, 0.15) is 5.00 Å². The summed E-state index contributed by atoms with van der Waals surface area (Å²) in [7, 11) is -2.63. The molecule has 2 aromatic carbocycles. The molecule has 4 aromatic rings. The normalized spacial score (nSPS) is 11.4. The van der Waals surface area contributed by atoms with Crippen LogP contribution in [-0.4, -0.2) is 31.5 Å². The van der Waals surface area contributed by atoms with Crippen molar-refractivity contribution in [3.8, 4) is 0 Å². The first kappa shape index (κ1) is 22.7. The van der Waals surface area contributed by atoms with Crippen molar-refractivity contribution in [2.75, 3.05) is 17.1 Å². The van der Waals surface area contributed by atoms with Crippen molar-refractivity contribution in [1.29, 1.82) is 0 Å². The smallest absolute Gasteiger partial charge is 0.341 e. The molecule has 33 heavy (non-hydrogen) atoms. The predicted octanol–water partition coefficient (Wildman–Crippen LogP) is 4.95. The standard InChI is InChI=1S/C23H22N4O4S2/c1-13-9-5-8-12-18(13)33(29,30)27-21-20(24-16-10-6-7-11-17(16)25-21)26-22-19(23(28)31-4)14(2)15(3)32-22/h5-12H,1-4H3,(H,24,26)(H,25,27). The van der Waals surface area contributed by atoms with Crippen LogP contribution in [0.25, 0.3) is 11.0 Å². The zero-order chi connectivity index (χ0) is 23.8. The second-order valence-corrected chi connectivity index (χ2v) is 10.3. The van der Waals surface area contributed by atoms with Gasteiger partial charge in [-0.05, 0) is 50.1 Å². The lowest BCUT2D eigenvalue weighted by Crippen LogP contribution is -2.17. The van der Waals surface area contributed by atoms with Gasteiger partial charge in [0.25, 0.3) is 10.0 Å². The average molecular weight is 483 g/mol. The van der Waals surface area contributed by atoms with Crippen LogP contribution in [0.2, 0.25) is 0 Å². The monoisotopic (exact) mass is 482 g/mol. The summed E-state index contributed by atoms with van der Waals surface area (Å²) in [6.45, 7) is 5.45. The maximum Gasteiger partial charge on any atom is 0.341 e. The fourth-order valence-electron chi connectivity index (χ4n) is 3.37.